The number of unbranched alkanes of at least 4 members (excludes halogenated alkanes) is 2. The van der Waals surface area contributed by atoms with Crippen LogP contribution in [-0.2, 0) is 6.42 Å². The SMILES string of the molecule is CCCCCc1cc(O)c2c(c1O)OC(C)(C)[C@@H]1CC=C(C)C[C@@H]21. The Balaban J connectivity index is 2.04. The summed E-state index contributed by atoms with van der Waals surface area (Å²) < 4.78 is 6.24. The van der Waals surface area contributed by atoms with Crippen molar-refractivity contribution in [1.29, 1.82) is 0 Å². The molecule has 132 valence electrons. The van der Waals surface area contributed by atoms with Gasteiger partial charge in [-0.1, -0.05) is 31.4 Å². The highest BCUT2D eigenvalue weighted by atomic mass is 16.5. The Morgan fingerprint density at radius 3 is 2.71 bits per heavy atom. The molecule has 2 aliphatic rings. The van der Waals surface area contributed by atoms with Crippen LogP contribution in [0.15, 0.2) is 17.7 Å². The van der Waals surface area contributed by atoms with Gasteiger partial charge in [-0.3, -0.25) is 0 Å². The Morgan fingerprint density at radius 2 is 2.00 bits per heavy atom. The number of allylic oxidation sites excluding steroid dienone is 2. The Hall–Kier alpha value is -1.64. The molecule has 1 aliphatic carbocycles. The monoisotopic (exact) mass is 330 g/mol. The van der Waals surface area contributed by atoms with Gasteiger partial charge in [0.1, 0.15) is 11.4 Å². The molecule has 2 atom stereocenters. The van der Waals surface area contributed by atoms with Crippen LogP contribution in [0.3, 0.4) is 0 Å². The van der Waals surface area contributed by atoms with Crippen molar-refractivity contribution in [3.05, 3.63) is 28.8 Å². The Bertz CT molecular complexity index is 658. The van der Waals surface area contributed by atoms with Crippen molar-refractivity contribution >= 4 is 0 Å². The third-order valence-electron chi connectivity index (χ3n) is 5.78. The minimum Gasteiger partial charge on any atom is -0.508 e. The lowest BCUT2D eigenvalue weighted by Crippen LogP contribution is -2.45. The van der Waals surface area contributed by atoms with Crippen LogP contribution in [-0.4, -0.2) is 15.8 Å². The fourth-order valence-corrected chi connectivity index (χ4v) is 4.39. The standard InChI is InChI=1S/C21H30O3/c1-5-6-7-8-14-12-17(22)18-15-11-13(2)9-10-16(15)21(3,4)24-20(18)19(14)23/h9,12,15-16,22-23H,5-8,10-11H2,1-4H3/t15-,16-/m1/s1. The lowest BCUT2D eigenvalue weighted by atomic mass is 9.67. The summed E-state index contributed by atoms with van der Waals surface area (Å²) in [5, 5.41) is 21.5. The zero-order valence-corrected chi connectivity index (χ0v) is 15.4. The number of hydrogen-bond acceptors (Lipinski definition) is 3. The number of hydrogen-bond donors (Lipinski definition) is 2. The zero-order valence-electron chi connectivity index (χ0n) is 15.4. The second-order valence-electron chi connectivity index (χ2n) is 8.01. The van der Waals surface area contributed by atoms with Crippen molar-refractivity contribution < 1.29 is 14.9 Å². The maximum absolute atomic E-state index is 10.8. The van der Waals surface area contributed by atoms with E-state index in [1.165, 1.54) is 5.57 Å². The molecule has 3 nitrogen and oxygen atoms in total. The molecule has 0 unspecified atom stereocenters. The second-order valence-corrected chi connectivity index (χ2v) is 8.01. The lowest BCUT2D eigenvalue weighted by molar-refractivity contribution is 0.00499. The molecular formula is C21H30O3. The first-order valence-electron chi connectivity index (χ1n) is 9.27. The number of phenols is 2. The van der Waals surface area contributed by atoms with Gasteiger partial charge in [0.2, 0.25) is 0 Å². The highest BCUT2D eigenvalue weighted by molar-refractivity contribution is 5.60. The molecule has 0 bridgehead atoms. The van der Waals surface area contributed by atoms with E-state index in [0.29, 0.717) is 11.7 Å². The number of aromatic hydroxyl groups is 2. The molecule has 0 saturated carbocycles. The van der Waals surface area contributed by atoms with Crippen LogP contribution in [0.5, 0.6) is 17.2 Å². The van der Waals surface area contributed by atoms with Crippen LogP contribution in [0.25, 0.3) is 0 Å². The molecule has 1 heterocycles. The fourth-order valence-electron chi connectivity index (χ4n) is 4.39. The second kappa shape index (κ2) is 6.34. The lowest BCUT2D eigenvalue weighted by Gasteiger charge is -2.47. The maximum atomic E-state index is 10.8. The van der Waals surface area contributed by atoms with E-state index in [2.05, 4.69) is 33.8 Å². The summed E-state index contributed by atoms with van der Waals surface area (Å²) in [6.45, 7) is 8.51. The first-order chi connectivity index (χ1) is 11.3. The topological polar surface area (TPSA) is 49.7 Å². The van der Waals surface area contributed by atoms with Gasteiger partial charge >= 0.3 is 0 Å². The molecule has 0 saturated heterocycles. The van der Waals surface area contributed by atoms with Gasteiger partial charge in [-0.05, 0) is 52.5 Å². The van der Waals surface area contributed by atoms with Gasteiger partial charge in [-0.2, -0.15) is 0 Å². The van der Waals surface area contributed by atoms with Crippen molar-refractivity contribution in [1.82, 2.24) is 0 Å². The van der Waals surface area contributed by atoms with E-state index in [4.69, 9.17) is 4.74 Å². The molecule has 1 aromatic rings. The molecule has 0 spiro atoms. The number of phenolic OH excluding ortho intramolecular Hbond substituents is 2. The summed E-state index contributed by atoms with van der Waals surface area (Å²) in [5.74, 6) is 1.57. The van der Waals surface area contributed by atoms with E-state index < -0.39 is 0 Å². The van der Waals surface area contributed by atoms with Crippen LogP contribution in [0.4, 0.5) is 0 Å². The first kappa shape index (κ1) is 17.2. The number of benzene rings is 1. The highest BCUT2D eigenvalue weighted by Crippen LogP contribution is 2.57. The molecule has 1 aromatic carbocycles. The normalized spacial score (nSPS) is 24.6. The van der Waals surface area contributed by atoms with Gasteiger partial charge in [0.15, 0.2) is 11.5 Å². The molecule has 3 heteroatoms. The fraction of sp³-hybridized carbons (Fsp3) is 0.619. The molecule has 1 aliphatic heterocycles. The summed E-state index contributed by atoms with van der Waals surface area (Å²) in [7, 11) is 0. The van der Waals surface area contributed by atoms with Crippen LogP contribution < -0.4 is 4.74 Å². The average molecular weight is 330 g/mol. The first-order valence-corrected chi connectivity index (χ1v) is 9.27. The van der Waals surface area contributed by atoms with Crippen molar-refractivity contribution in [3.63, 3.8) is 0 Å². The van der Waals surface area contributed by atoms with Gasteiger partial charge in [0.05, 0.1) is 0 Å². The Morgan fingerprint density at radius 1 is 1.25 bits per heavy atom. The molecule has 0 radical (unpaired) electrons. The molecule has 0 aromatic heterocycles. The smallest absolute Gasteiger partial charge is 0.169 e. The minimum absolute atomic E-state index is 0.212. The van der Waals surface area contributed by atoms with E-state index >= 15 is 0 Å². The predicted octanol–water partition coefficient (Wildman–Crippen LogP) is 5.44. The minimum atomic E-state index is -0.346. The van der Waals surface area contributed by atoms with Crippen molar-refractivity contribution in [2.24, 2.45) is 5.92 Å². The van der Waals surface area contributed by atoms with Gasteiger partial charge in [-0.15, -0.1) is 0 Å². The van der Waals surface area contributed by atoms with Crippen LogP contribution in [0.2, 0.25) is 0 Å². The summed E-state index contributed by atoms with van der Waals surface area (Å²) in [4.78, 5) is 0. The summed E-state index contributed by atoms with van der Waals surface area (Å²) in [5.41, 5.74) is 2.62. The molecule has 0 fully saturated rings. The molecule has 2 N–H and O–H groups in total. The number of ether oxygens (including phenoxy) is 1. The Kier molecular flexibility index (Phi) is 4.54. The summed E-state index contributed by atoms with van der Waals surface area (Å²) >= 11 is 0. The van der Waals surface area contributed by atoms with Gasteiger partial charge in [-0.25, -0.2) is 0 Å². The molecule has 3 rings (SSSR count). The van der Waals surface area contributed by atoms with Crippen LogP contribution >= 0.6 is 0 Å². The maximum Gasteiger partial charge on any atom is 0.169 e. The summed E-state index contributed by atoms with van der Waals surface area (Å²) in [6, 6.07) is 1.76. The highest BCUT2D eigenvalue weighted by Gasteiger charge is 2.46. The van der Waals surface area contributed by atoms with Crippen LogP contribution in [0, 0.1) is 5.92 Å². The Labute approximate surface area is 145 Å². The molecule has 0 amide bonds. The van der Waals surface area contributed by atoms with Gasteiger partial charge < -0.3 is 14.9 Å². The zero-order chi connectivity index (χ0) is 17.5. The van der Waals surface area contributed by atoms with Gasteiger partial charge in [0.25, 0.3) is 0 Å². The van der Waals surface area contributed by atoms with Crippen molar-refractivity contribution in [2.45, 2.75) is 77.7 Å². The predicted molar refractivity (Wildman–Crippen MR) is 96.9 cm³/mol. The van der Waals surface area contributed by atoms with E-state index in [1.54, 1.807) is 6.07 Å². The van der Waals surface area contributed by atoms with Crippen molar-refractivity contribution in [2.75, 3.05) is 0 Å². The van der Waals surface area contributed by atoms with Crippen LogP contribution in [0.1, 0.15) is 76.8 Å². The van der Waals surface area contributed by atoms with E-state index in [9.17, 15) is 10.2 Å². The van der Waals surface area contributed by atoms with Crippen molar-refractivity contribution in [3.8, 4) is 17.2 Å². The number of fused-ring (bicyclic) bond motifs is 3. The molecular weight excluding hydrogens is 300 g/mol. The summed E-state index contributed by atoms with van der Waals surface area (Å²) in [6.07, 6.45) is 8.22. The van der Waals surface area contributed by atoms with E-state index in [1.807, 2.05) is 0 Å². The number of aryl methyl sites for hydroxylation is 1. The third kappa shape index (κ3) is 2.89. The van der Waals surface area contributed by atoms with E-state index in [-0.39, 0.29) is 23.0 Å². The third-order valence-corrected chi connectivity index (χ3v) is 5.78. The molecule has 24 heavy (non-hydrogen) atoms. The van der Waals surface area contributed by atoms with E-state index in [0.717, 1.165) is 49.7 Å². The average Bonchev–Trinajstić information content (AvgIpc) is 2.51. The largest absolute Gasteiger partial charge is 0.508 e. The number of rotatable bonds is 4. The van der Waals surface area contributed by atoms with Gasteiger partial charge in [0, 0.05) is 23.0 Å². The quantitative estimate of drug-likeness (QED) is 0.439.